The molecule has 1 aliphatic rings. The number of hydrogen-bond donors (Lipinski definition) is 2. The number of aliphatic carboxylic acids is 1. The number of urea groups is 1. The second kappa shape index (κ2) is 7.24. The number of rotatable bonds is 5. The van der Waals surface area contributed by atoms with Crippen LogP contribution in [0.3, 0.4) is 0 Å². The van der Waals surface area contributed by atoms with Crippen LogP contribution in [0.4, 0.5) is 4.79 Å². The molecular formula is C13H24N2O3. The van der Waals surface area contributed by atoms with E-state index in [9.17, 15) is 9.59 Å². The molecule has 5 heteroatoms. The van der Waals surface area contributed by atoms with Crippen molar-refractivity contribution in [1.82, 2.24) is 10.2 Å². The summed E-state index contributed by atoms with van der Waals surface area (Å²) < 4.78 is 0. The molecule has 2 amide bonds. The van der Waals surface area contributed by atoms with Crippen molar-refractivity contribution in [2.24, 2.45) is 5.92 Å². The number of hydrogen-bond acceptors (Lipinski definition) is 2. The molecule has 1 rings (SSSR count). The lowest BCUT2D eigenvalue weighted by atomic mass is 9.98. The molecule has 0 aromatic carbocycles. The van der Waals surface area contributed by atoms with E-state index in [1.807, 2.05) is 0 Å². The third-order valence-corrected chi connectivity index (χ3v) is 3.52. The van der Waals surface area contributed by atoms with E-state index >= 15 is 0 Å². The van der Waals surface area contributed by atoms with Gasteiger partial charge in [-0.3, -0.25) is 4.79 Å². The lowest BCUT2D eigenvalue weighted by Gasteiger charge is -2.32. The van der Waals surface area contributed by atoms with Crippen molar-refractivity contribution < 1.29 is 14.7 Å². The molecule has 5 nitrogen and oxygen atoms in total. The van der Waals surface area contributed by atoms with Crippen molar-refractivity contribution in [1.29, 1.82) is 0 Å². The molecule has 0 spiro atoms. The number of carbonyl (C=O) groups is 2. The Balaban J connectivity index is 2.47. The average molecular weight is 256 g/mol. The second-order valence-electron chi connectivity index (χ2n) is 4.97. The summed E-state index contributed by atoms with van der Waals surface area (Å²) in [6, 6.07) is 0.0916. The fourth-order valence-electron chi connectivity index (χ4n) is 2.36. The van der Waals surface area contributed by atoms with Gasteiger partial charge in [0.1, 0.15) is 0 Å². The lowest BCUT2D eigenvalue weighted by Crippen LogP contribution is -2.49. The molecule has 0 aromatic rings. The SMILES string of the molecule is CCCC(CC)NC(=O)N1CCC[C@H](C(=O)O)C1. The zero-order valence-corrected chi connectivity index (χ0v) is 11.3. The van der Waals surface area contributed by atoms with Gasteiger partial charge in [-0.1, -0.05) is 20.3 Å². The molecule has 1 aliphatic heterocycles. The number of carboxylic acids is 1. The number of nitrogens with zero attached hydrogens (tertiary/aromatic N) is 1. The summed E-state index contributed by atoms with van der Waals surface area (Å²) in [5.74, 6) is -1.20. The largest absolute Gasteiger partial charge is 0.481 e. The van der Waals surface area contributed by atoms with E-state index in [-0.39, 0.29) is 12.1 Å². The first-order chi connectivity index (χ1) is 8.58. The van der Waals surface area contributed by atoms with Gasteiger partial charge in [0, 0.05) is 19.1 Å². The number of piperidine rings is 1. The first-order valence-corrected chi connectivity index (χ1v) is 6.86. The molecule has 0 radical (unpaired) electrons. The Morgan fingerprint density at radius 1 is 1.44 bits per heavy atom. The van der Waals surface area contributed by atoms with Gasteiger partial charge in [0.05, 0.1) is 5.92 Å². The molecule has 0 aromatic heterocycles. The zero-order valence-electron chi connectivity index (χ0n) is 11.3. The van der Waals surface area contributed by atoms with Crippen LogP contribution in [0.1, 0.15) is 46.0 Å². The van der Waals surface area contributed by atoms with Crippen LogP contribution in [0.2, 0.25) is 0 Å². The maximum Gasteiger partial charge on any atom is 0.317 e. The van der Waals surface area contributed by atoms with Crippen molar-refractivity contribution in [3.05, 3.63) is 0 Å². The topological polar surface area (TPSA) is 69.6 Å². The molecule has 1 heterocycles. The molecule has 18 heavy (non-hydrogen) atoms. The molecule has 1 unspecified atom stereocenters. The highest BCUT2D eigenvalue weighted by Crippen LogP contribution is 2.17. The minimum atomic E-state index is -0.798. The highest BCUT2D eigenvalue weighted by Gasteiger charge is 2.28. The molecule has 2 atom stereocenters. The molecule has 1 fully saturated rings. The van der Waals surface area contributed by atoms with E-state index < -0.39 is 11.9 Å². The van der Waals surface area contributed by atoms with Crippen LogP contribution in [0, 0.1) is 5.92 Å². The van der Waals surface area contributed by atoms with Gasteiger partial charge in [-0.15, -0.1) is 0 Å². The van der Waals surface area contributed by atoms with Crippen LogP contribution in [-0.2, 0) is 4.79 Å². The third-order valence-electron chi connectivity index (χ3n) is 3.52. The quantitative estimate of drug-likeness (QED) is 0.791. The Morgan fingerprint density at radius 3 is 2.72 bits per heavy atom. The van der Waals surface area contributed by atoms with Crippen LogP contribution in [0.25, 0.3) is 0 Å². The summed E-state index contributed by atoms with van der Waals surface area (Å²) in [6.45, 7) is 5.15. The van der Waals surface area contributed by atoms with Gasteiger partial charge in [0.15, 0.2) is 0 Å². The van der Waals surface area contributed by atoms with Crippen molar-refractivity contribution in [2.45, 2.75) is 52.0 Å². The third kappa shape index (κ3) is 4.20. The van der Waals surface area contributed by atoms with Crippen LogP contribution in [-0.4, -0.2) is 41.1 Å². The van der Waals surface area contributed by atoms with E-state index in [1.165, 1.54) is 0 Å². The Kier molecular flexibility index (Phi) is 5.95. The van der Waals surface area contributed by atoms with Gasteiger partial charge in [0.2, 0.25) is 0 Å². The summed E-state index contributed by atoms with van der Waals surface area (Å²) >= 11 is 0. The Hall–Kier alpha value is -1.26. The summed E-state index contributed by atoms with van der Waals surface area (Å²) in [5.41, 5.74) is 0. The minimum absolute atomic E-state index is 0.110. The van der Waals surface area contributed by atoms with Crippen LogP contribution >= 0.6 is 0 Å². The van der Waals surface area contributed by atoms with Gasteiger partial charge in [-0.25, -0.2) is 4.79 Å². The average Bonchev–Trinajstić information content (AvgIpc) is 2.38. The highest BCUT2D eigenvalue weighted by molar-refractivity contribution is 5.76. The fourth-order valence-corrected chi connectivity index (χ4v) is 2.36. The molecule has 0 aliphatic carbocycles. The molecule has 2 N–H and O–H groups in total. The van der Waals surface area contributed by atoms with E-state index in [0.717, 1.165) is 25.7 Å². The number of carboxylic acid groups (broad SMARTS) is 1. The molecule has 0 bridgehead atoms. The standard InChI is InChI=1S/C13H24N2O3/c1-3-6-11(4-2)14-13(18)15-8-5-7-10(9-15)12(16)17/h10-11H,3-9H2,1-2H3,(H,14,18)(H,16,17)/t10-,11?/m0/s1. The summed E-state index contributed by atoms with van der Waals surface area (Å²) in [4.78, 5) is 24.6. The van der Waals surface area contributed by atoms with Crippen molar-refractivity contribution in [2.75, 3.05) is 13.1 Å². The van der Waals surface area contributed by atoms with Crippen molar-refractivity contribution in [3.63, 3.8) is 0 Å². The molecular weight excluding hydrogens is 232 g/mol. The monoisotopic (exact) mass is 256 g/mol. The second-order valence-corrected chi connectivity index (χ2v) is 4.97. The Bertz CT molecular complexity index is 294. The zero-order chi connectivity index (χ0) is 13.5. The van der Waals surface area contributed by atoms with Crippen LogP contribution < -0.4 is 5.32 Å². The van der Waals surface area contributed by atoms with Gasteiger partial charge in [-0.2, -0.15) is 0 Å². The maximum atomic E-state index is 12.0. The van der Waals surface area contributed by atoms with Crippen LogP contribution in [0.5, 0.6) is 0 Å². The number of likely N-dealkylation sites (tertiary alicyclic amines) is 1. The minimum Gasteiger partial charge on any atom is -0.481 e. The van der Waals surface area contributed by atoms with E-state index in [1.54, 1.807) is 4.90 Å². The number of nitrogens with one attached hydrogen (secondary N) is 1. The fraction of sp³-hybridized carbons (Fsp3) is 0.846. The van der Waals surface area contributed by atoms with Crippen LogP contribution in [0.15, 0.2) is 0 Å². The molecule has 1 saturated heterocycles. The molecule has 104 valence electrons. The van der Waals surface area contributed by atoms with Crippen molar-refractivity contribution >= 4 is 12.0 Å². The van der Waals surface area contributed by atoms with Crippen molar-refractivity contribution in [3.8, 4) is 0 Å². The lowest BCUT2D eigenvalue weighted by molar-refractivity contribution is -0.143. The highest BCUT2D eigenvalue weighted by atomic mass is 16.4. The normalized spacial score (nSPS) is 21.4. The van der Waals surface area contributed by atoms with Gasteiger partial charge in [-0.05, 0) is 25.7 Å². The summed E-state index contributed by atoms with van der Waals surface area (Å²) in [7, 11) is 0. The maximum absolute atomic E-state index is 12.0. The van der Waals surface area contributed by atoms with Gasteiger partial charge < -0.3 is 15.3 Å². The predicted octanol–water partition coefficient (Wildman–Crippen LogP) is 2.07. The first-order valence-electron chi connectivity index (χ1n) is 6.86. The van der Waals surface area contributed by atoms with Gasteiger partial charge in [0.25, 0.3) is 0 Å². The summed E-state index contributed by atoms with van der Waals surface area (Å²) in [6.07, 6.45) is 4.37. The van der Waals surface area contributed by atoms with E-state index in [4.69, 9.17) is 5.11 Å². The number of amides is 2. The van der Waals surface area contributed by atoms with Gasteiger partial charge >= 0.3 is 12.0 Å². The smallest absolute Gasteiger partial charge is 0.317 e. The number of carbonyl (C=O) groups excluding carboxylic acids is 1. The van der Waals surface area contributed by atoms with E-state index in [0.29, 0.717) is 19.5 Å². The Labute approximate surface area is 109 Å². The Morgan fingerprint density at radius 2 is 2.17 bits per heavy atom. The predicted molar refractivity (Wildman–Crippen MR) is 69.5 cm³/mol. The molecule has 0 saturated carbocycles. The summed E-state index contributed by atoms with van der Waals surface area (Å²) in [5, 5.41) is 12.0. The van der Waals surface area contributed by atoms with E-state index in [2.05, 4.69) is 19.2 Å². The first kappa shape index (κ1) is 14.8.